The fourth-order valence-electron chi connectivity index (χ4n) is 9.60. The molecule has 19 heteroatoms. The number of carbonyl (C=O) groups excluding carboxylic acids is 4. The summed E-state index contributed by atoms with van der Waals surface area (Å²) < 4.78 is 68.2. The monoisotopic (exact) mass is 1390 g/mol. The van der Waals surface area contributed by atoms with Crippen LogP contribution in [0.4, 0.5) is 0 Å². The number of phosphoric acid groups is 2. The van der Waals surface area contributed by atoms with Gasteiger partial charge < -0.3 is 33.8 Å². The minimum absolute atomic E-state index is 0.0700. The first kappa shape index (κ1) is 91.7. The average Bonchev–Trinajstić information content (AvgIpc) is 1.36. The summed E-state index contributed by atoms with van der Waals surface area (Å²) in [5.74, 6) is -2.35. The van der Waals surface area contributed by atoms with E-state index in [0.717, 1.165) is 154 Å². The molecule has 0 aliphatic carbocycles. The van der Waals surface area contributed by atoms with Crippen molar-refractivity contribution in [2.24, 2.45) is 0 Å². The molecular formula is C77H132O17P2. The van der Waals surface area contributed by atoms with E-state index in [1.165, 1.54) is 64.2 Å². The van der Waals surface area contributed by atoms with Gasteiger partial charge in [-0.15, -0.1) is 0 Å². The number of allylic oxidation sites excluding steroid dienone is 17. The van der Waals surface area contributed by atoms with Gasteiger partial charge in [0.25, 0.3) is 0 Å². The number of aliphatic hydroxyl groups is 1. The molecule has 0 fully saturated rings. The molecule has 5 unspecified atom stereocenters. The lowest BCUT2D eigenvalue weighted by Gasteiger charge is -2.21. The molecule has 0 amide bonds. The summed E-state index contributed by atoms with van der Waals surface area (Å²) in [6.07, 6.45) is 72.6. The third kappa shape index (κ3) is 68.3. The number of esters is 4. The maximum atomic E-state index is 13.1. The van der Waals surface area contributed by atoms with Crippen molar-refractivity contribution in [2.45, 2.75) is 316 Å². The summed E-state index contributed by atoms with van der Waals surface area (Å²) >= 11 is 0. The van der Waals surface area contributed by atoms with Gasteiger partial charge >= 0.3 is 39.5 Å². The quantitative estimate of drug-likeness (QED) is 0.0169. The maximum Gasteiger partial charge on any atom is 0.472 e. The molecule has 0 saturated carbocycles. The lowest BCUT2D eigenvalue weighted by molar-refractivity contribution is -0.161. The number of rotatable bonds is 69. The fraction of sp³-hybridized carbons (Fsp3) is 0.714. The Morgan fingerprint density at radius 2 is 0.604 bits per heavy atom. The van der Waals surface area contributed by atoms with Crippen LogP contribution >= 0.6 is 15.6 Å². The van der Waals surface area contributed by atoms with Crippen LogP contribution in [-0.4, -0.2) is 96.7 Å². The van der Waals surface area contributed by atoms with Gasteiger partial charge in [0.2, 0.25) is 0 Å². The van der Waals surface area contributed by atoms with Crippen molar-refractivity contribution >= 4 is 39.5 Å². The molecule has 0 rings (SSSR count). The maximum absolute atomic E-state index is 13.1. The molecule has 0 heterocycles. The van der Waals surface area contributed by atoms with E-state index in [1.54, 1.807) is 6.08 Å². The minimum Gasteiger partial charge on any atom is -0.462 e. The summed E-state index contributed by atoms with van der Waals surface area (Å²) in [6.45, 7) is 4.49. The third-order valence-electron chi connectivity index (χ3n) is 15.2. The highest BCUT2D eigenvalue weighted by molar-refractivity contribution is 7.47. The molecule has 0 aromatic heterocycles. The predicted octanol–water partition coefficient (Wildman–Crippen LogP) is 21.0. The molecule has 0 aromatic carbocycles. The van der Waals surface area contributed by atoms with Crippen LogP contribution in [0.2, 0.25) is 0 Å². The SMILES string of the molecule is CC/C=C\C/C=C\C/C=C\C/C=C\C/C=C\CC(=O)OCC(COP(=O)(O)OCC(O)COP(=O)(O)OCC(COC(=O)CCCCCCC/C=C\C/C=C\CCC)OC(=O)CCCCCCC/C=C\C/C=C\CCC)OC(=O)CCCCCCCCCCCCCCCCC. The molecule has 0 saturated heterocycles. The standard InChI is InChI=1S/C77H132O17P2/c1-5-9-13-17-21-25-29-33-35-39-42-46-50-54-58-62-75(80)88-68-73(94-77(82)64-60-56-52-48-44-40-36-34-30-26-22-18-14-10-6-2)70-92-96(85,86)90-66-71(78)65-89-95(83,84)91-69-72(93-76(81)63-59-55-51-47-43-38-32-28-24-20-16-12-8-4)67-87-74(79)61-57-53-49-45-41-37-31-27-23-19-15-11-7-3/h9,13,15-16,19-21,25,27-28,31-33,35,42,46,54,58,71-73,78H,5-8,10-12,14,17-18,22-24,26,29-30,34,36-41,43-45,47-53,55-57,59-70H2,1-4H3,(H,83,84)(H,85,86)/b13-9-,19-15-,20-16-,25-21-,31-27-,32-28-,35-33-,46-42-,58-54-. The van der Waals surface area contributed by atoms with Crippen LogP contribution in [0.25, 0.3) is 0 Å². The summed E-state index contributed by atoms with van der Waals surface area (Å²) in [6, 6.07) is 0. The van der Waals surface area contributed by atoms with Crippen molar-refractivity contribution < 1.29 is 80.2 Å². The van der Waals surface area contributed by atoms with Crippen molar-refractivity contribution in [1.82, 2.24) is 0 Å². The average molecular weight is 1390 g/mol. The zero-order valence-corrected chi connectivity index (χ0v) is 61.8. The highest BCUT2D eigenvalue weighted by atomic mass is 31.2. The molecule has 552 valence electrons. The summed E-state index contributed by atoms with van der Waals surface area (Å²) in [4.78, 5) is 72.7. The molecule has 0 spiro atoms. The van der Waals surface area contributed by atoms with Crippen molar-refractivity contribution in [3.05, 3.63) is 109 Å². The second-order valence-corrected chi connectivity index (χ2v) is 27.4. The highest BCUT2D eigenvalue weighted by Crippen LogP contribution is 2.45. The second-order valence-electron chi connectivity index (χ2n) is 24.5. The van der Waals surface area contributed by atoms with Crippen LogP contribution in [-0.2, 0) is 65.4 Å². The normalized spacial score (nSPS) is 14.6. The van der Waals surface area contributed by atoms with E-state index in [2.05, 4.69) is 113 Å². The van der Waals surface area contributed by atoms with Crippen molar-refractivity contribution in [3.63, 3.8) is 0 Å². The summed E-state index contributed by atoms with van der Waals surface area (Å²) in [5.41, 5.74) is 0. The second kappa shape index (κ2) is 69.2. The van der Waals surface area contributed by atoms with Crippen LogP contribution in [0.15, 0.2) is 109 Å². The highest BCUT2D eigenvalue weighted by Gasteiger charge is 2.30. The van der Waals surface area contributed by atoms with Crippen LogP contribution in [0.3, 0.4) is 0 Å². The van der Waals surface area contributed by atoms with Gasteiger partial charge in [0.05, 0.1) is 32.8 Å². The number of ether oxygens (including phenoxy) is 4. The van der Waals surface area contributed by atoms with Gasteiger partial charge in [-0.1, -0.05) is 278 Å². The first-order valence-electron chi connectivity index (χ1n) is 37.1. The molecule has 0 aliphatic heterocycles. The van der Waals surface area contributed by atoms with Gasteiger partial charge in [-0.2, -0.15) is 0 Å². The van der Waals surface area contributed by atoms with Crippen LogP contribution in [0.5, 0.6) is 0 Å². The van der Waals surface area contributed by atoms with Gasteiger partial charge in [-0.05, 0) is 103 Å². The lowest BCUT2D eigenvalue weighted by atomic mass is 10.0. The molecule has 0 bridgehead atoms. The van der Waals surface area contributed by atoms with Gasteiger partial charge in [0.15, 0.2) is 12.2 Å². The van der Waals surface area contributed by atoms with Crippen molar-refractivity contribution in [2.75, 3.05) is 39.6 Å². The summed E-state index contributed by atoms with van der Waals surface area (Å²) in [7, 11) is -9.97. The Balaban J connectivity index is 5.41. The van der Waals surface area contributed by atoms with E-state index in [9.17, 15) is 43.2 Å². The third-order valence-corrected chi connectivity index (χ3v) is 17.1. The molecule has 5 atom stereocenters. The molecule has 3 N–H and O–H groups in total. The number of unbranched alkanes of at least 4 members (excludes halogenated alkanes) is 26. The number of phosphoric ester groups is 2. The molecular weight excluding hydrogens is 1260 g/mol. The van der Waals surface area contributed by atoms with Crippen molar-refractivity contribution in [1.29, 1.82) is 0 Å². The first-order chi connectivity index (χ1) is 46.7. The number of aliphatic hydroxyl groups excluding tert-OH is 1. The fourth-order valence-corrected chi connectivity index (χ4v) is 11.2. The Morgan fingerprint density at radius 1 is 0.312 bits per heavy atom. The summed E-state index contributed by atoms with van der Waals surface area (Å²) in [5, 5.41) is 10.6. The van der Waals surface area contributed by atoms with Crippen molar-refractivity contribution in [3.8, 4) is 0 Å². The largest absolute Gasteiger partial charge is 0.472 e. The zero-order valence-electron chi connectivity index (χ0n) is 60.0. The Bertz CT molecular complexity index is 2250. The first-order valence-corrected chi connectivity index (χ1v) is 40.1. The van der Waals surface area contributed by atoms with Crippen LogP contribution < -0.4 is 0 Å². The molecule has 0 aromatic rings. The molecule has 0 aliphatic rings. The Kier molecular flexibility index (Phi) is 66.1. The topological polar surface area (TPSA) is 237 Å². The minimum atomic E-state index is -4.99. The Labute approximate surface area is 581 Å². The number of hydrogen-bond donors (Lipinski definition) is 3. The van der Waals surface area contributed by atoms with E-state index in [0.29, 0.717) is 25.7 Å². The zero-order chi connectivity index (χ0) is 70.4. The van der Waals surface area contributed by atoms with E-state index < -0.39 is 97.5 Å². The van der Waals surface area contributed by atoms with Gasteiger partial charge in [0, 0.05) is 19.3 Å². The smallest absolute Gasteiger partial charge is 0.462 e. The lowest BCUT2D eigenvalue weighted by Crippen LogP contribution is -2.30. The predicted molar refractivity (Wildman–Crippen MR) is 390 cm³/mol. The van der Waals surface area contributed by atoms with Crippen LogP contribution in [0, 0.1) is 0 Å². The van der Waals surface area contributed by atoms with Gasteiger partial charge in [-0.25, -0.2) is 9.13 Å². The molecule has 0 radical (unpaired) electrons. The Hall–Kier alpha value is -4.28. The van der Waals surface area contributed by atoms with Gasteiger partial charge in [-0.3, -0.25) is 37.3 Å². The van der Waals surface area contributed by atoms with Gasteiger partial charge in [0.1, 0.15) is 19.3 Å². The molecule has 17 nitrogen and oxygen atoms in total. The molecule has 96 heavy (non-hydrogen) atoms. The number of hydrogen-bond acceptors (Lipinski definition) is 15. The van der Waals surface area contributed by atoms with E-state index >= 15 is 0 Å². The van der Waals surface area contributed by atoms with Crippen LogP contribution in [0.1, 0.15) is 297 Å². The number of carbonyl (C=O) groups is 4. The van der Waals surface area contributed by atoms with E-state index in [4.69, 9.17) is 37.0 Å². The van der Waals surface area contributed by atoms with E-state index in [-0.39, 0.29) is 25.7 Å². The Morgan fingerprint density at radius 3 is 0.969 bits per heavy atom. The van der Waals surface area contributed by atoms with E-state index in [1.807, 2.05) is 18.2 Å².